The van der Waals surface area contributed by atoms with Gasteiger partial charge in [-0.05, 0) is 24.0 Å². The first-order valence-corrected chi connectivity index (χ1v) is 7.94. The largest absolute Gasteiger partial charge is 0.296 e. The van der Waals surface area contributed by atoms with Gasteiger partial charge in [0.05, 0.1) is 23.3 Å². The Morgan fingerprint density at radius 3 is 2.71 bits per heavy atom. The second kappa shape index (κ2) is 5.19. The zero-order valence-electron chi connectivity index (χ0n) is 13.6. The molecule has 122 valence electrons. The summed E-state index contributed by atoms with van der Waals surface area (Å²) in [6.45, 7) is 5.02. The number of nitrogens with zero attached hydrogens (tertiary/aromatic N) is 4. The lowest BCUT2D eigenvalue weighted by atomic mass is 9.85. The van der Waals surface area contributed by atoms with E-state index in [9.17, 15) is 9.18 Å². The van der Waals surface area contributed by atoms with Crippen LogP contribution in [0.4, 0.5) is 4.39 Å². The minimum Gasteiger partial charge on any atom is -0.296 e. The second-order valence-corrected chi connectivity index (χ2v) is 7.04. The normalized spacial score (nSPS) is 16.1. The second-order valence-electron chi connectivity index (χ2n) is 7.04. The number of aromatic nitrogens is 4. The van der Waals surface area contributed by atoms with Crippen molar-refractivity contribution in [2.24, 2.45) is 5.41 Å². The van der Waals surface area contributed by atoms with Crippen molar-refractivity contribution in [1.29, 1.82) is 0 Å². The molecule has 0 bridgehead atoms. The molecule has 2 aromatic heterocycles. The van der Waals surface area contributed by atoms with Crippen LogP contribution < -0.4 is 5.56 Å². The zero-order chi connectivity index (χ0) is 16.9. The highest BCUT2D eigenvalue weighted by Gasteiger charge is 2.27. The molecular weight excluding hydrogens is 307 g/mol. The Morgan fingerprint density at radius 1 is 1.21 bits per heavy atom. The van der Waals surface area contributed by atoms with Gasteiger partial charge in [0, 0.05) is 18.5 Å². The molecule has 0 N–H and O–H groups in total. The summed E-state index contributed by atoms with van der Waals surface area (Å²) in [5.41, 5.74) is 1.45. The fourth-order valence-corrected chi connectivity index (χ4v) is 3.18. The summed E-state index contributed by atoms with van der Waals surface area (Å²) in [4.78, 5) is 25.4. The van der Waals surface area contributed by atoms with Crippen molar-refractivity contribution in [1.82, 2.24) is 19.5 Å². The van der Waals surface area contributed by atoms with Crippen molar-refractivity contribution in [3.05, 3.63) is 52.6 Å². The Morgan fingerprint density at radius 2 is 1.96 bits per heavy atom. The first-order chi connectivity index (χ1) is 11.4. The van der Waals surface area contributed by atoms with Crippen LogP contribution in [0.2, 0.25) is 0 Å². The maximum absolute atomic E-state index is 13.0. The van der Waals surface area contributed by atoms with E-state index < -0.39 is 5.82 Å². The molecule has 6 heteroatoms. The van der Waals surface area contributed by atoms with Crippen molar-refractivity contribution in [3.8, 4) is 11.4 Å². The third-order valence-electron chi connectivity index (χ3n) is 4.52. The van der Waals surface area contributed by atoms with Gasteiger partial charge in [0.15, 0.2) is 11.6 Å². The molecule has 3 aromatic rings. The Balaban J connectivity index is 1.87. The van der Waals surface area contributed by atoms with Crippen LogP contribution in [0.25, 0.3) is 22.3 Å². The molecule has 0 spiro atoms. The van der Waals surface area contributed by atoms with Gasteiger partial charge in [-0.15, -0.1) is 0 Å². The Hall–Kier alpha value is -2.63. The van der Waals surface area contributed by atoms with Gasteiger partial charge in [-0.1, -0.05) is 19.9 Å². The van der Waals surface area contributed by atoms with E-state index in [4.69, 9.17) is 0 Å². The average molecular weight is 324 g/mol. The Kier molecular flexibility index (Phi) is 3.23. The van der Waals surface area contributed by atoms with Gasteiger partial charge in [-0.3, -0.25) is 9.36 Å². The minimum atomic E-state index is -0.479. The molecule has 0 saturated carbocycles. The van der Waals surface area contributed by atoms with Crippen LogP contribution >= 0.6 is 0 Å². The first-order valence-electron chi connectivity index (χ1n) is 7.94. The van der Waals surface area contributed by atoms with E-state index >= 15 is 0 Å². The summed E-state index contributed by atoms with van der Waals surface area (Å²) in [5.74, 6) is 0.760. The number of hydrogen-bond acceptors (Lipinski definition) is 4. The van der Waals surface area contributed by atoms with Crippen molar-refractivity contribution >= 4 is 10.9 Å². The van der Waals surface area contributed by atoms with Crippen LogP contribution in [0.3, 0.4) is 0 Å². The molecule has 0 amide bonds. The molecule has 1 aliphatic heterocycles. The lowest BCUT2D eigenvalue weighted by Crippen LogP contribution is -2.36. The molecule has 0 aliphatic carbocycles. The van der Waals surface area contributed by atoms with Crippen molar-refractivity contribution in [3.63, 3.8) is 0 Å². The lowest BCUT2D eigenvalue weighted by Gasteiger charge is -2.31. The summed E-state index contributed by atoms with van der Waals surface area (Å²) >= 11 is 0. The molecule has 5 nitrogen and oxygen atoms in total. The maximum atomic E-state index is 13.0. The van der Waals surface area contributed by atoms with Crippen LogP contribution in [0.5, 0.6) is 0 Å². The molecule has 0 fully saturated rings. The number of benzene rings is 1. The highest BCUT2D eigenvalue weighted by Crippen LogP contribution is 2.29. The average Bonchev–Trinajstić information content (AvgIpc) is 2.56. The zero-order valence-corrected chi connectivity index (χ0v) is 13.6. The molecule has 0 radical (unpaired) electrons. The van der Waals surface area contributed by atoms with Crippen LogP contribution in [0.15, 0.2) is 35.4 Å². The quantitative estimate of drug-likeness (QED) is 0.690. The number of rotatable bonds is 1. The van der Waals surface area contributed by atoms with Crippen molar-refractivity contribution in [2.75, 3.05) is 0 Å². The van der Waals surface area contributed by atoms with Gasteiger partial charge < -0.3 is 0 Å². The summed E-state index contributed by atoms with van der Waals surface area (Å²) < 4.78 is 14.8. The fraction of sp³-hybridized carbons (Fsp3) is 0.333. The van der Waals surface area contributed by atoms with E-state index in [1.54, 1.807) is 22.8 Å². The van der Waals surface area contributed by atoms with E-state index in [0.29, 0.717) is 23.3 Å². The monoisotopic (exact) mass is 324 g/mol. The molecule has 1 aromatic carbocycles. The highest BCUT2D eigenvalue weighted by molar-refractivity contribution is 5.82. The smallest absolute Gasteiger partial charge is 0.261 e. The molecule has 0 atom stereocenters. The molecule has 1 aliphatic rings. The van der Waals surface area contributed by atoms with E-state index in [-0.39, 0.29) is 11.0 Å². The number of fused-ring (bicyclic) bond motifs is 2. The molecule has 4 rings (SSSR count). The summed E-state index contributed by atoms with van der Waals surface area (Å²) in [6.07, 6.45) is 4.05. The summed E-state index contributed by atoms with van der Waals surface area (Å²) in [7, 11) is 0. The van der Waals surface area contributed by atoms with Gasteiger partial charge in [0.1, 0.15) is 5.82 Å². The number of halogens is 1. The van der Waals surface area contributed by atoms with E-state index in [2.05, 4.69) is 28.8 Å². The molecule has 24 heavy (non-hydrogen) atoms. The van der Waals surface area contributed by atoms with Gasteiger partial charge in [-0.25, -0.2) is 19.3 Å². The van der Waals surface area contributed by atoms with Crippen molar-refractivity contribution in [2.45, 2.75) is 33.2 Å². The predicted octanol–water partition coefficient (Wildman–Crippen LogP) is 2.97. The number of aryl methyl sites for hydroxylation is 1. The molecular formula is C18H17FN4O. The van der Waals surface area contributed by atoms with Crippen LogP contribution in [-0.4, -0.2) is 19.5 Å². The summed E-state index contributed by atoms with van der Waals surface area (Å²) in [6, 6.07) is 5.33. The van der Waals surface area contributed by atoms with Gasteiger partial charge >= 0.3 is 0 Å². The maximum Gasteiger partial charge on any atom is 0.261 e. The predicted molar refractivity (Wildman–Crippen MR) is 89.1 cm³/mol. The topological polar surface area (TPSA) is 60.7 Å². The minimum absolute atomic E-state index is 0.00523. The molecule has 0 saturated heterocycles. The van der Waals surface area contributed by atoms with E-state index in [1.165, 1.54) is 0 Å². The number of hydrogen-bond donors (Lipinski definition) is 0. The summed E-state index contributed by atoms with van der Waals surface area (Å²) in [5, 5.41) is 0.585. The highest BCUT2D eigenvalue weighted by atomic mass is 19.1. The third kappa shape index (κ3) is 2.48. The van der Waals surface area contributed by atoms with Crippen LogP contribution in [0.1, 0.15) is 26.1 Å². The van der Waals surface area contributed by atoms with Gasteiger partial charge in [0.25, 0.3) is 5.56 Å². The SMILES string of the molecule is CC1(C)CCc2nc3cc(-c4ncc(F)cn4)ccc3c(=O)n2C1. The fourth-order valence-electron chi connectivity index (χ4n) is 3.18. The lowest BCUT2D eigenvalue weighted by molar-refractivity contribution is 0.240. The van der Waals surface area contributed by atoms with Crippen molar-refractivity contribution < 1.29 is 4.39 Å². The first kappa shape index (κ1) is 14.9. The Bertz CT molecular complexity index is 992. The van der Waals surface area contributed by atoms with Crippen LogP contribution in [0, 0.1) is 11.2 Å². The van der Waals surface area contributed by atoms with Gasteiger partial charge in [0.2, 0.25) is 0 Å². The van der Waals surface area contributed by atoms with E-state index in [1.807, 2.05) is 0 Å². The van der Waals surface area contributed by atoms with E-state index in [0.717, 1.165) is 36.6 Å². The molecule has 3 heterocycles. The molecule has 0 unspecified atom stereocenters. The Labute approximate surface area is 138 Å². The van der Waals surface area contributed by atoms with Crippen LogP contribution in [-0.2, 0) is 13.0 Å². The van der Waals surface area contributed by atoms with Gasteiger partial charge in [-0.2, -0.15) is 0 Å². The standard InChI is InChI=1S/C18H17FN4O/c1-18(2)6-5-15-22-14-7-11(16-20-8-12(19)9-21-16)3-4-13(14)17(24)23(15)10-18/h3-4,7-9H,5-6,10H2,1-2H3. The third-order valence-corrected chi connectivity index (χ3v) is 4.52.